The molecule has 0 saturated carbocycles. The van der Waals surface area contributed by atoms with Crippen LogP contribution in [0.1, 0.15) is 5.56 Å². The number of benzene rings is 1. The number of ether oxygens (including phenoxy) is 1. The van der Waals surface area contributed by atoms with Crippen molar-refractivity contribution < 1.29 is 14.3 Å². The molecule has 0 aliphatic carbocycles. The standard InChI is InChI=1S/C16H20N2O4/c19-13-1-2-14-12(9-16(20)22-15(14)10-13)11-17-3-4-18-5-7-21-8-6-18/h1-2,9-10,17,19H,3-8,11H2. The Morgan fingerprint density at radius 3 is 2.86 bits per heavy atom. The highest BCUT2D eigenvalue weighted by Crippen LogP contribution is 2.21. The third kappa shape index (κ3) is 3.65. The number of nitrogens with one attached hydrogen (secondary N) is 1. The van der Waals surface area contributed by atoms with E-state index in [9.17, 15) is 9.90 Å². The summed E-state index contributed by atoms with van der Waals surface area (Å²) in [6, 6.07) is 6.33. The molecule has 0 atom stereocenters. The number of nitrogens with zero attached hydrogens (tertiary/aromatic N) is 1. The molecule has 0 amide bonds. The fraction of sp³-hybridized carbons (Fsp3) is 0.438. The Labute approximate surface area is 128 Å². The zero-order valence-corrected chi connectivity index (χ0v) is 12.4. The number of hydrogen-bond acceptors (Lipinski definition) is 6. The third-order valence-electron chi connectivity index (χ3n) is 3.84. The van der Waals surface area contributed by atoms with Crippen molar-refractivity contribution in [1.82, 2.24) is 10.2 Å². The summed E-state index contributed by atoms with van der Waals surface area (Å²) >= 11 is 0. The molecule has 6 nitrogen and oxygen atoms in total. The second-order valence-electron chi connectivity index (χ2n) is 5.40. The van der Waals surface area contributed by atoms with Crippen molar-refractivity contribution in [2.75, 3.05) is 39.4 Å². The van der Waals surface area contributed by atoms with E-state index >= 15 is 0 Å². The molecule has 0 unspecified atom stereocenters. The van der Waals surface area contributed by atoms with Gasteiger partial charge in [0, 0.05) is 50.2 Å². The Balaban J connectivity index is 1.62. The van der Waals surface area contributed by atoms with E-state index in [1.165, 1.54) is 12.1 Å². The van der Waals surface area contributed by atoms with Gasteiger partial charge in [-0.25, -0.2) is 4.79 Å². The number of rotatable bonds is 5. The summed E-state index contributed by atoms with van der Waals surface area (Å²) in [5.74, 6) is 0.0908. The SMILES string of the molecule is O=c1cc(CNCCN2CCOCC2)c2ccc(O)cc2o1. The van der Waals surface area contributed by atoms with Gasteiger partial charge in [-0.15, -0.1) is 0 Å². The molecule has 1 aliphatic heterocycles. The lowest BCUT2D eigenvalue weighted by molar-refractivity contribution is 0.0384. The molecule has 22 heavy (non-hydrogen) atoms. The first kappa shape index (κ1) is 15.0. The maximum Gasteiger partial charge on any atom is 0.336 e. The zero-order valence-electron chi connectivity index (χ0n) is 12.4. The number of hydrogen-bond donors (Lipinski definition) is 2. The van der Waals surface area contributed by atoms with E-state index < -0.39 is 5.63 Å². The minimum Gasteiger partial charge on any atom is -0.508 e. The molecular formula is C16H20N2O4. The molecule has 2 N–H and O–H groups in total. The van der Waals surface area contributed by atoms with Crippen molar-refractivity contribution in [1.29, 1.82) is 0 Å². The third-order valence-corrected chi connectivity index (χ3v) is 3.84. The fourth-order valence-corrected chi connectivity index (χ4v) is 2.65. The highest BCUT2D eigenvalue weighted by Gasteiger charge is 2.10. The molecule has 0 radical (unpaired) electrons. The summed E-state index contributed by atoms with van der Waals surface area (Å²) in [6.45, 7) is 5.94. The Morgan fingerprint density at radius 2 is 2.05 bits per heavy atom. The quantitative estimate of drug-likeness (QED) is 0.632. The summed E-state index contributed by atoms with van der Waals surface area (Å²) in [4.78, 5) is 14.0. The Kier molecular flexibility index (Phi) is 4.72. The van der Waals surface area contributed by atoms with E-state index in [0.29, 0.717) is 12.1 Å². The Morgan fingerprint density at radius 1 is 1.23 bits per heavy atom. The van der Waals surface area contributed by atoms with E-state index in [4.69, 9.17) is 9.15 Å². The van der Waals surface area contributed by atoms with Gasteiger partial charge in [0.05, 0.1) is 13.2 Å². The van der Waals surface area contributed by atoms with Crippen molar-refractivity contribution in [3.05, 3.63) is 40.2 Å². The number of phenolic OH excluding ortho intramolecular Hbond substituents is 1. The van der Waals surface area contributed by atoms with Crippen LogP contribution in [0.4, 0.5) is 0 Å². The fourth-order valence-electron chi connectivity index (χ4n) is 2.65. The number of fused-ring (bicyclic) bond motifs is 1. The van der Waals surface area contributed by atoms with Gasteiger partial charge in [0.1, 0.15) is 11.3 Å². The predicted octanol–water partition coefficient (Wildman–Crippen LogP) is 0.920. The van der Waals surface area contributed by atoms with Crippen LogP contribution in [0.25, 0.3) is 11.0 Å². The van der Waals surface area contributed by atoms with Crippen LogP contribution in [-0.4, -0.2) is 49.4 Å². The maximum atomic E-state index is 11.6. The van der Waals surface area contributed by atoms with Crippen LogP contribution in [-0.2, 0) is 11.3 Å². The molecule has 1 aliphatic rings. The molecule has 1 fully saturated rings. The van der Waals surface area contributed by atoms with Gasteiger partial charge in [0.25, 0.3) is 0 Å². The van der Waals surface area contributed by atoms with Crippen LogP contribution < -0.4 is 10.9 Å². The van der Waals surface area contributed by atoms with E-state index in [1.54, 1.807) is 12.1 Å². The van der Waals surface area contributed by atoms with Gasteiger partial charge in [-0.05, 0) is 17.7 Å². The van der Waals surface area contributed by atoms with Gasteiger partial charge in [-0.3, -0.25) is 4.90 Å². The van der Waals surface area contributed by atoms with Gasteiger partial charge >= 0.3 is 5.63 Å². The van der Waals surface area contributed by atoms with Crippen LogP contribution in [0, 0.1) is 0 Å². The second kappa shape index (κ2) is 6.91. The zero-order chi connectivity index (χ0) is 15.4. The Hall–Kier alpha value is -1.89. The molecule has 0 spiro atoms. The maximum absolute atomic E-state index is 11.6. The molecule has 2 aromatic rings. The van der Waals surface area contributed by atoms with Crippen LogP contribution in [0.3, 0.4) is 0 Å². The van der Waals surface area contributed by atoms with Crippen LogP contribution in [0.2, 0.25) is 0 Å². The van der Waals surface area contributed by atoms with Crippen molar-refractivity contribution in [3.63, 3.8) is 0 Å². The molecule has 1 saturated heterocycles. The van der Waals surface area contributed by atoms with Crippen molar-refractivity contribution >= 4 is 11.0 Å². The first-order valence-corrected chi connectivity index (χ1v) is 7.49. The van der Waals surface area contributed by atoms with Crippen LogP contribution in [0.15, 0.2) is 33.5 Å². The highest BCUT2D eigenvalue weighted by molar-refractivity contribution is 5.81. The lowest BCUT2D eigenvalue weighted by atomic mass is 10.1. The monoisotopic (exact) mass is 304 g/mol. The van der Waals surface area contributed by atoms with Gasteiger partial charge in [-0.2, -0.15) is 0 Å². The molecule has 2 heterocycles. The second-order valence-corrected chi connectivity index (χ2v) is 5.40. The van der Waals surface area contributed by atoms with Gasteiger partial charge in [-0.1, -0.05) is 0 Å². The van der Waals surface area contributed by atoms with Gasteiger partial charge in [0.15, 0.2) is 0 Å². The Bertz CT molecular complexity index is 692. The first-order chi connectivity index (χ1) is 10.7. The number of morpholine rings is 1. The number of phenols is 1. The van der Waals surface area contributed by atoms with Crippen LogP contribution in [0.5, 0.6) is 5.75 Å². The topological polar surface area (TPSA) is 74.9 Å². The predicted molar refractivity (Wildman–Crippen MR) is 83.1 cm³/mol. The van der Waals surface area contributed by atoms with E-state index in [2.05, 4.69) is 10.2 Å². The minimum absolute atomic E-state index is 0.0908. The van der Waals surface area contributed by atoms with E-state index in [0.717, 1.165) is 50.3 Å². The highest BCUT2D eigenvalue weighted by atomic mass is 16.5. The molecule has 0 bridgehead atoms. The average Bonchev–Trinajstić information content (AvgIpc) is 2.52. The first-order valence-electron chi connectivity index (χ1n) is 7.49. The van der Waals surface area contributed by atoms with Crippen molar-refractivity contribution in [3.8, 4) is 5.75 Å². The molecule has 118 valence electrons. The summed E-state index contributed by atoms with van der Waals surface area (Å²) in [5.41, 5.74) is 0.897. The van der Waals surface area contributed by atoms with Crippen molar-refractivity contribution in [2.45, 2.75) is 6.54 Å². The number of aromatic hydroxyl groups is 1. The van der Waals surface area contributed by atoms with E-state index in [1.807, 2.05) is 0 Å². The lowest BCUT2D eigenvalue weighted by Gasteiger charge is -2.26. The largest absolute Gasteiger partial charge is 0.508 e. The summed E-state index contributed by atoms with van der Waals surface area (Å²) in [5, 5.41) is 13.7. The van der Waals surface area contributed by atoms with E-state index in [-0.39, 0.29) is 5.75 Å². The van der Waals surface area contributed by atoms with Crippen molar-refractivity contribution in [2.24, 2.45) is 0 Å². The molecule has 3 rings (SSSR count). The summed E-state index contributed by atoms with van der Waals surface area (Å²) in [7, 11) is 0. The summed E-state index contributed by atoms with van der Waals surface area (Å²) in [6.07, 6.45) is 0. The molecule has 1 aromatic carbocycles. The molecule has 6 heteroatoms. The minimum atomic E-state index is -0.400. The summed E-state index contributed by atoms with van der Waals surface area (Å²) < 4.78 is 10.4. The molecule has 1 aromatic heterocycles. The van der Waals surface area contributed by atoms with Gasteiger partial charge in [0.2, 0.25) is 0 Å². The smallest absolute Gasteiger partial charge is 0.336 e. The van der Waals surface area contributed by atoms with Crippen LogP contribution >= 0.6 is 0 Å². The van der Waals surface area contributed by atoms with Gasteiger partial charge < -0.3 is 19.6 Å². The lowest BCUT2D eigenvalue weighted by Crippen LogP contribution is -2.40. The average molecular weight is 304 g/mol. The normalized spacial score (nSPS) is 16.2. The molecular weight excluding hydrogens is 284 g/mol.